The maximum absolute atomic E-state index is 12.9. The van der Waals surface area contributed by atoms with Crippen molar-refractivity contribution >= 4 is 22.4 Å². The molecule has 0 saturated heterocycles. The second kappa shape index (κ2) is 9.61. The molecular formula is C21H20F2N2O5S. The predicted molar refractivity (Wildman–Crippen MR) is 113 cm³/mol. The number of benzene rings is 2. The predicted octanol–water partition coefficient (Wildman–Crippen LogP) is 5.00. The number of halogens is 2. The molecule has 1 amide bonds. The van der Waals surface area contributed by atoms with Gasteiger partial charge in [-0.05, 0) is 43.3 Å². The number of aromatic nitrogens is 1. The van der Waals surface area contributed by atoms with Gasteiger partial charge in [0.25, 0.3) is 5.91 Å². The van der Waals surface area contributed by atoms with E-state index >= 15 is 0 Å². The molecule has 0 saturated carbocycles. The molecule has 1 aromatic heterocycles. The Morgan fingerprint density at radius 2 is 1.68 bits per heavy atom. The lowest BCUT2D eigenvalue weighted by molar-refractivity contribution is -0.0498. The number of ether oxygens (including phenoxy) is 4. The molecule has 164 valence electrons. The summed E-state index contributed by atoms with van der Waals surface area (Å²) >= 11 is 1.29. The van der Waals surface area contributed by atoms with Gasteiger partial charge in [0.1, 0.15) is 5.75 Å². The summed E-state index contributed by atoms with van der Waals surface area (Å²) in [6.45, 7) is -1.04. The van der Waals surface area contributed by atoms with Gasteiger partial charge in [0, 0.05) is 10.4 Å². The van der Waals surface area contributed by atoms with Gasteiger partial charge in [-0.25, -0.2) is 4.98 Å². The van der Waals surface area contributed by atoms with Gasteiger partial charge < -0.3 is 18.9 Å². The Labute approximate surface area is 181 Å². The monoisotopic (exact) mass is 450 g/mol. The smallest absolute Gasteiger partial charge is 0.387 e. The molecule has 0 aliphatic carbocycles. The quantitative estimate of drug-likeness (QED) is 0.521. The number of amides is 1. The van der Waals surface area contributed by atoms with E-state index in [0.29, 0.717) is 27.9 Å². The molecule has 0 atom stereocenters. The number of aryl methyl sites for hydroxylation is 1. The summed E-state index contributed by atoms with van der Waals surface area (Å²) in [5.74, 6) is 0.601. The molecule has 0 aliphatic heterocycles. The highest BCUT2D eigenvalue weighted by Gasteiger charge is 2.22. The summed E-state index contributed by atoms with van der Waals surface area (Å²) in [7, 11) is 4.38. The van der Waals surface area contributed by atoms with Crippen molar-refractivity contribution in [1.29, 1.82) is 0 Å². The molecule has 7 nitrogen and oxygen atoms in total. The minimum atomic E-state index is -2.89. The standard InChI is InChI=1S/C21H20F2N2O5S/c1-11-16(12-5-7-13(8-6-12)30-20(22)23)24-21(31-11)25-19(26)14-9-10-15(27-2)18(29-4)17(14)28-3/h5-10,20H,1-4H3,(H,24,25,26). The molecule has 1 heterocycles. The van der Waals surface area contributed by atoms with Crippen molar-refractivity contribution < 1.29 is 32.5 Å². The van der Waals surface area contributed by atoms with Crippen LogP contribution in [0.3, 0.4) is 0 Å². The molecule has 31 heavy (non-hydrogen) atoms. The van der Waals surface area contributed by atoms with Gasteiger partial charge >= 0.3 is 6.61 Å². The fourth-order valence-electron chi connectivity index (χ4n) is 2.96. The number of nitrogens with one attached hydrogen (secondary N) is 1. The maximum atomic E-state index is 12.9. The first kappa shape index (κ1) is 22.3. The second-order valence-corrected chi connectivity index (χ2v) is 7.37. The molecule has 0 unspecified atom stereocenters. The van der Waals surface area contributed by atoms with Crippen LogP contribution in [0, 0.1) is 6.92 Å². The van der Waals surface area contributed by atoms with E-state index in [0.717, 1.165) is 4.88 Å². The highest BCUT2D eigenvalue weighted by Crippen LogP contribution is 2.40. The van der Waals surface area contributed by atoms with Crippen LogP contribution >= 0.6 is 11.3 Å². The molecule has 0 bridgehead atoms. The van der Waals surface area contributed by atoms with Crippen LogP contribution < -0.4 is 24.3 Å². The average Bonchev–Trinajstić information content (AvgIpc) is 3.12. The van der Waals surface area contributed by atoms with Gasteiger partial charge in [0.05, 0.1) is 32.6 Å². The highest BCUT2D eigenvalue weighted by molar-refractivity contribution is 7.16. The van der Waals surface area contributed by atoms with E-state index in [1.54, 1.807) is 24.3 Å². The van der Waals surface area contributed by atoms with E-state index < -0.39 is 12.5 Å². The molecular weight excluding hydrogens is 430 g/mol. The third-order valence-corrected chi connectivity index (χ3v) is 5.21. The Bertz CT molecular complexity index is 1070. The van der Waals surface area contributed by atoms with Crippen molar-refractivity contribution in [3.05, 3.63) is 46.8 Å². The van der Waals surface area contributed by atoms with Crippen LogP contribution in [0.25, 0.3) is 11.3 Å². The Balaban J connectivity index is 1.84. The third kappa shape index (κ3) is 4.85. The zero-order valence-electron chi connectivity index (χ0n) is 17.2. The lowest BCUT2D eigenvalue weighted by Gasteiger charge is -2.15. The number of hydrogen-bond acceptors (Lipinski definition) is 7. The summed E-state index contributed by atoms with van der Waals surface area (Å²) in [5.41, 5.74) is 1.59. The van der Waals surface area contributed by atoms with E-state index in [-0.39, 0.29) is 17.1 Å². The van der Waals surface area contributed by atoms with Crippen LogP contribution in [0.1, 0.15) is 15.2 Å². The number of carbonyl (C=O) groups is 1. The Morgan fingerprint density at radius 1 is 1.00 bits per heavy atom. The summed E-state index contributed by atoms with van der Waals surface area (Å²) < 4.78 is 44.9. The number of carbonyl (C=O) groups excluding carboxylic acids is 1. The van der Waals surface area contributed by atoms with Gasteiger partial charge in [-0.3, -0.25) is 10.1 Å². The first-order valence-corrected chi connectivity index (χ1v) is 9.82. The van der Waals surface area contributed by atoms with E-state index in [4.69, 9.17) is 14.2 Å². The number of hydrogen-bond donors (Lipinski definition) is 1. The molecule has 3 aromatic rings. The van der Waals surface area contributed by atoms with Crippen LogP contribution in [-0.2, 0) is 0 Å². The summed E-state index contributed by atoms with van der Waals surface area (Å²) in [5, 5.41) is 3.14. The van der Waals surface area contributed by atoms with Crippen LogP contribution in [-0.4, -0.2) is 38.8 Å². The Hall–Kier alpha value is -3.40. The summed E-state index contributed by atoms with van der Waals surface area (Å²) in [4.78, 5) is 18.2. The Kier molecular flexibility index (Phi) is 6.91. The van der Waals surface area contributed by atoms with E-state index in [1.165, 1.54) is 44.8 Å². The number of nitrogens with zero attached hydrogens (tertiary/aromatic N) is 1. The minimum absolute atomic E-state index is 0.0562. The largest absolute Gasteiger partial charge is 0.493 e. The first-order valence-electron chi connectivity index (χ1n) is 9.01. The number of thiazole rings is 1. The van der Waals surface area contributed by atoms with E-state index in [9.17, 15) is 13.6 Å². The molecule has 1 N–H and O–H groups in total. The van der Waals surface area contributed by atoms with Crippen molar-refractivity contribution in [2.75, 3.05) is 26.6 Å². The van der Waals surface area contributed by atoms with Crippen molar-refractivity contribution in [1.82, 2.24) is 4.98 Å². The third-order valence-electron chi connectivity index (χ3n) is 4.32. The molecule has 10 heteroatoms. The zero-order chi connectivity index (χ0) is 22.5. The second-order valence-electron chi connectivity index (χ2n) is 6.16. The van der Waals surface area contributed by atoms with Gasteiger partial charge in [0.2, 0.25) is 5.75 Å². The SMILES string of the molecule is COc1ccc(C(=O)Nc2nc(-c3ccc(OC(F)F)cc3)c(C)s2)c(OC)c1OC. The highest BCUT2D eigenvalue weighted by atomic mass is 32.1. The van der Waals surface area contributed by atoms with Gasteiger partial charge in [-0.1, -0.05) is 0 Å². The molecule has 0 aliphatic rings. The van der Waals surface area contributed by atoms with Crippen molar-refractivity contribution in [3.63, 3.8) is 0 Å². The van der Waals surface area contributed by atoms with Crippen LogP contribution in [0.4, 0.5) is 13.9 Å². The number of methoxy groups -OCH3 is 3. The van der Waals surface area contributed by atoms with Gasteiger partial charge in [-0.15, -0.1) is 11.3 Å². The van der Waals surface area contributed by atoms with Crippen LogP contribution in [0.15, 0.2) is 36.4 Å². The molecule has 0 spiro atoms. The lowest BCUT2D eigenvalue weighted by Crippen LogP contribution is -2.13. The van der Waals surface area contributed by atoms with Crippen molar-refractivity contribution in [2.45, 2.75) is 13.5 Å². The summed E-state index contributed by atoms with van der Waals surface area (Å²) in [6, 6.07) is 9.31. The lowest BCUT2D eigenvalue weighted by atomic mass is 10.1. The maximum Gasteiger partial charge on any atom is 0.387 e. The molecule has 3 rings (SSSR count). The molecule has 2 aromatic carbocycles. The van der Waals surface area contributed by atoms with E-state index in [2.05, 4.69) is 15.0 Å². The number of anilines is 1. The number of alkyl halides is 2. The molecule has 0 radical (unpaired) electrons. The van der Waals surface area contributed by atoms with Crippen LogP contribution in [0.2, 0.25) is 0 Å². The Morgan fingerprint density at radius 3 is 2.26 bits per heavy atom. The van der Waals surface area contributed by atoms with Crippen molar-refractivity contribution in [2.24, 2.45) is 0 Å². The van der Waals surface area contributed by atoms with Gasteiger partial charge in [0.15, 0.2) is 16.6 Å². The van der Waals surface area contributed by atoms with Crippen molar-refractivity contribution in [3.8, 4) is 34.3 Å². The van der Waals surface area contributed by atoms with E-state index in [1.807, 2.05) is 6.92 Å². The fourth-order valence-corrected chi connectivity index (χ4v) is 3.79. The minimum Gasteiger partial charge on any atom is -0.493 e. The average molecular weight is 450 g/mol. The first-order chi connectivity index (χ1) is 14.9. The fraction of sp³-hybridized carbons (Fsp3) is 0.238. The topological polar surface area (TPSA) is 78.9 Å². The zero-order valence-corrected chi connectivity index (χ0v) is 18.0. The van der Waals surface area contributed by atoms with Crippen LogP contribution in [0.5, 0.6) is 23.0 Å². The molecule has 0 fully saturated rings. The summed E-state index contributed by atoms with van der Waals surface area (Å²) in [6.07, 6.45) is 0. The number of rotatable bonds is 8. The normalized spacial score (nSPS) is 10.7. The van der Waals surface area contributed by atoms with Gasteiger partial charge in [-0.2, -0.15) is 8.78 Å².